The first-order valence-corrected chi connectivity index (χ1v) is 6.66. The van der Waals surface area contributed by atoms with Gasteiger partial charge in [-0.05, 0) is 34.6 Å². The van der Waals surface area contributed by atoms with E-state index < -0.39 is 17.2 Å². The van der Waals surface area contributed by atoms with Crippen molar-refractivity contribution in [3.8, 4) is 0 Å². The van der Waals surface area contributed by atoms with Crippen molar-refractivity contribution in [2.45, 2.75) is 45.8 Å². The molecular weight excluding hydrogens is 256 g/mol. The first-order chi connectivity index (χ1) is 9.09. The maximum absolute atomic E-state index is 11.7. The number of carbonyl (C=O) groups excluding carboxylic acids is 1. The summed E-state index contributed by atoms with van der Waals surface area (Å²) in [6.07, 6.45) is 1.31. The van der Waals surface area contributed by atoms with Crippen molar-refractivity contribution >= 4 is 12.1 Å². The molecule has 116 valence electrons. The van der Waals surface area contributed by atoms with Crippen LogP contribution < -0.4 is 16.0 Å². The number of aliphatic imine (C=N–C) groups is 1. The largest absolute Gasteiger partial charge is 0.444 e. The molecule has 6 nitrogen and oxygen atoms in total. The summed E-state index contributed by atoms with van der Waals surface area (Å²) in [7, 11) is 1.69. The van der Waals surface area contributed by atoms with Crippen LogP contribution in [0.25, 0.3) is 0 Å². The standard InChI is InChI=1S/C14H28N4O2/c1-8-9-16-11(15-7)17-10-14(5,6)18-12(19)20-13(2,3)4/h8H,1,9-10H2,2-7H3,(H,18,19)(H2,15,16,17). The number of amides is 1. The minimum absolute atomic E-state index is 0.432. The van der Waals surface area contributed by atoms with Gasteiger partial charge in [-0.1, -0.05) is 6.08 Å². The number of alkyl carbamates (subject to hydrolysis) is 1. The molecule has 0 unspecified atom stereocenters. The van der Waals surface area contributed by atoms with Gasteiger partial charge in [-0.3, -0.25) is 4.99 Å². The molecule has 0 aliphatic heterocycles. The van der Waals surface area contributed by atoms with E-state index in [-0.39, 0.29) is 0 Å². The normalized spacial score (nSPS) is 12.6. The van der Waals surface area contributed by atoms with Crippen LogP contribution in [0.4, 0.5) is 4.79 Å². The third kappa shape index (κ3) is 9.24. The van der Waals surface area contributed by atoms with E-state index in [0.717, 1.165) is 0 Å². The SMILES string of the molecule is C=CCNC(=NC)NCC(C)(C)NC(=O)OC(C)(C)C. The molecule has 0 fully saturated rings. The highest BCUT2D eigenvalue weighted by Crippen LogP contribution is 2.08. The first-order valence-electron chi connectivity index (χ1n) is 6.66. The van der Waals surface area contributed by atoms with Crippen LogP contribution in [-0.2, 0) is 4.74 Å². The second-order valence-corrected chi connectivity index (χ2v) is 6.11. The lowest BCUT2D eigenvalue weighted by molar-refractivity contribution is 0.0474. The van der Waals surface area contributed by atoms with Crippen molar-refractivity contribution in [3.63, 3.8) is 0 Å². The fraction of sp³-hybridized carbons (Fsp3) is 0.714. The molecule has 0 aliphatic carbocycles. The van der Waals surface area contributed by atoms with Crippen molar-refractivity contribution in [1.29, 1.82) is 0 Å². The number of rotatable bonds is 5. The van der Waals surface area contributed by atoms with Gasteiger partial charge in [0.05, 0.1) is 5.54 Å². The van der Waals surface area contributed by atoms with Crippen molar-refractivity contribution in [3.05, 3.63) is 12.7 Å². The van der Waals surface area contributed by atoms with E-state index in [2.05, 4.69) is 27.5 Å². The molecule has 0 heterocycles. The number of ether oxygens (including phenoxy) is 1. The molecule has 0 spiro atoms. The minimum atomic E-state index is -0.505. The highest BCUT2D eigenvalue weighted by molar-refractivity contribution is 5.80. The van der Waals surface area contributed by atoms with E-state index in [9.17, 15) is 4.79 Å². The van der Waals surface area contributed by atoms with Gasteiger partial charge in [0.15, 0.2) is 5.96 Å². The van der Waals surface area contributed by atoms with Gasteiger partial charge in [0.1, 0.15) is 5.60 Å². The fourth-order valence-corrected chi connectivity index (χ4v) is 1.32. The Balaban J connectivity index is 4.30. The number of carbonyl (C=O) groups is 1. The Labute approximate surface area is 122 Å². The van der Waals surface area contributed by atoms with Gasteiger partial charge in [0, 0.05) is 20.1 Å². The van der Waals surface area contributed by atoms with Gasteiger partial charge in [0.2, 0.25) is 0 Å². The van der Waals surface area contributed by atoms with E-state index in [1.807, 2.05) is 34.6 Å². The van der Waals surface area contributed by atoms with Crippen LogP contribution in [0.5, 0.6) is 0 Å². The second kappa shape index (κ2) is 7.77. The Morgan fingerprint density at radius 2 is 1.85 bits per heavy atom. The Morgan fingerprint density at radius 1 is 1.25 bits per heavy atom. The molecular formula is C14H28N4O2. The third-order valence-electron chi connectivity index (χ3n) is 2.17. The van der Waals surface area contributed by atoms with Crippen LogP contribution in [-0.4, -0.2) is 43.3 Å². The van der Waals surface area contributed by atoms with Crippen molar-refractivity contribution in [2.75, 3.05) is 20.1 Å². The fourth-order valence-electron chi connectivity index (χ4n) is 1.32. The summed E-state index contributed by atoms with van der Waals surface area (Å²) in [5, 5.41) is 9.02. The monoisotopic (exact) mass is 284 g/mol. The van der Waals surface area contributed by atoms with Crippen molar-refractivity contribution in [1.82, 2.24) is 16.0 Å². The number of hydrogen-bond acceptors (Lipinski definition) is 3. The van der Waals surface area contributed by atoms with Gasteiger partial charge in [0.25, 0.3) is 0 Å². The maximum atomic E-state index is 11.7. The van der Waals surface area contributed by atoms with Crippen LogP contribution in [0.1, 0.15) is 34.6 Å². The number of nitrogens with zero attached hydrogens (tertiary/aromatic N) is 1. The zero-order chi connectivity index (χ0) is 15.8. The Kier molecular flexibility index (Phi) is 7.10. The zero-order valence-electron chi connectivity index (χ0n) is 13.5. The zero-order valence-corrected chi connectivity index (χ0v) is 13.5. The Hall–Kier alpha value is -1.72. The van der Waals surface area contributed by atoms with E-state index >= 15 is 0 Å². The summed E-state index contributed by atoms with van der Waals surface area (Å²) in [6, 6.07) is 0. The molecule has 3 N–H and O–H groups in total. The van der Waals surface area contributed by atoms with Gasteiger partial charge < -0.3 is 20.7 Å². The van der Waals surface area contributed by atoms with E-state index in [1.54, 1.807) is 13.1 Å². The lowest BCUT2D eigenvalue weighted by Crippen LogP contribution is -2.54. The summed E-state index contributed by atoms with van der Waals surface area (Å²) in [5.74, 6) is 0.656. The predicted molar refractivity (Wildman–Crippen MR) is 83.0 cm³/mol. The average Bonchev–Trinajstić information content (AvgIpc) is 2.25. The molecule has 0 saturated heterocycles. The smallest absolute Gasteiger partial charge is 0.408 e. The summed E-state index contributed by atoms with van der Waals surface area (Å²) in [6.45, 7) is 14.1. The topological polar surface area (TPSA) is 74.8 Å². The minimum Gasteiger partial charge on any atom is -0.444 e. The summed E-state index contributed by atoms with van der Waals surface area (Å²) >= 11 is 0. The molecule has 0 radical (unpaired) electrons. The van der Waals surface area contributed by atoms with Crippen LogP contribution in [0, 0.1) is 0 Å². The van der Waals surface area contributed by atoms with Gasteiger partial charge in [-0.15, -0.1) is 6.58 Å². The summed E-state index contributed by atoms with van der Waals surface area (Å²) in [5.41, 5.74) is -0.969. The average molecular weight is 284 g/mol. The van der Waals surface area contributed by atoms with E-state index in [1.165, 1.54) is 0 Å². The molecule has 0 aliphatic rings. The molecule has 0 rings (SSSR count). The van der Waals surface area contributed by atoms with Gasteiger partial charge in [-0.25, -0.2) is 4.79 Å². The number of guanidine groups is 1. The molecule has 0 atom stereocenters. The number of hydrogen-bond donors (Lipinski definition) is 3. The molecule has 0 aromatic rings. The van der Waals surface area contributed by atoms with Crippen LogP contribution >= 0.6 is 0 Å². The molecule has 0 aromatic heterocycles. The molecule has 1 amide bonds. The Bertz CT molecular complexity index is 357. The Morgan fingerprint density at radius 3 is 2.30 bits per heavy atom. The summed E-state index contributed by atoms with van der Waals surface area (Å²) < 4.78 is 5.23. The summed E-state index contributed by atoms with van der Waals surface area (Å²) in [4.78, 5) is 15.8. The molecule has 0 saturated carbocycles. The highest BCUT2D eigenvalue weighted by atomic mass is 16.6. The third-order valence-corrected chi connectivity index (χ3v) is 2.17. The van der Waals surface area contributed by atoms with E-state index in [0.29, 0.717) is 19.0 Å². The highest BCUT2D eigenvalue weighted by Gasteiger charge is 2.24. The quantitative estimate of drug-likeness (QED) is 0.407. The first kappa shape index (κ1) is 18.3. The molecule has 0 bridgehead atoms. The second-order valence-electron chi connectivity index (χ2n) is 6.11. The predicted octanol–water partition coefficient (Wildman–Crippen LogP) is 1.64. The number of nitrogens with one attached hydrogen (secondary N) is 3. The molecule has 6 heteroatoms. The van der Waals surface area contributed by atoms with Crippen LogP contribution in [0.3, 0.4) is 0 Å². The maximum Gasteiger partial charge on any atom is 0.408 e. The van der Waals surface area contributed by atoms with Crippen molar-refractivity contribution in [2.24, 2.45) is 4.99 Å². The van der Waals surface area contributed by atoms with Crippen molar-refractivity contribution < 1.29 is 9.53 Å². The van der Waals surface area contributed by atoms with E-state index in [4.69, 9.17) is 4.74 Å². The molecule has 20 heavy (non-hydrogen) atoms. The lowest BCUT2D eigenvalue weighted by atomic mass is 10.1. The van der Waals surface area contributed by atoms with Crippen LogP contribution in [0.15, 0.2) is 17.6 Å². The van der Waals surface area contributed by atoms with Gasteiger partial charge >= 0.3 is 6.09 Å². The molecule has 0 aromatic carbocycles. The van der Waals surface area contributed by atoms with Gasteiger partial charge in [-0.2, -0.15) is 0 Å². The van der Waals surface area contributed by atoms with Crippen LogP contribution in [0.2, 0.25) is 0 Å². The lowest BCUT2D eigenvalue weighted by Gasteiger charge is -2.29.